The number of hydrogen-bond acceptors (Lipinski definition) is 3. The largest absolute Gasteiger partial charge is 0.369 e. The Hall–Kier alpha value is -1.59. The van der Waals surface area contributed by atoms with Crippen molar-refractivity contribution >= 4 is 11.7 Å². The molecule has 5 heteroatoms. The summed E-state index contributed by atoms with van der Waals surface area (Å²) in [5, 5.41) is 3.19. The van der Waals surface area contributed by atoms with Crippen molar-refractivity contribution in [2.24, 2.45) is 11.8 Å². The number of rotatable bonds is 4. The van der Waals surface area contributed by atoms with Crippen LogP contribution in [0.3, 0.4) is 0 Å². The molecule has 3 heterocycles. The lowest BCUT2D eigenvalue weighted by atomic mass is 9.73. The average molecular weight is 357 g/mol. The van der Waals surface area contributed by atoms with Gasteiger partial charge in [0.05, 0.1) is 18.2 Å². The van der Waals surface area contributed by atoms with Crippen LogP contribution in [0.2, 0.25) is 0 Å². The molecular formula is C21H31N3O2. The van der Waals surface area contributed by atoms with Crippen LogP contribution in [0.5, 0.6) is 0 Å². The molecule has 0 aromatic heterocycles. The standard InChI is InChI=1S/C21H31N3O2/c1-5-15-8-6-7-14(2)19(15)22-20(25)24-12-17-16(11-23(3)4)18-9-10-21(17,13-24)26-18/h6-8,16-18H,5,9-13H2,1-4H3,(H,22,25)/t16-,17+,18+,21+/m0/s1. The quantitative estimate of drug-likeness (QED) is 0.900. The average Bonchev–Trinajstić information content (AvgIpc) is 3.26. The molecule has 0 saturated carbocycles. The number of benzene rings is 1. The molecule has 1 N–H and O–H groups in total. The lowest BCUT2D eigenvalue weighted by molar-refractivity contribution is 0.00534. The van der Waals surface area contributed by atoms with Crippen LogP contribution in [0.4, 0.5) is 10.5 Å². The second-order valence-electron chi connectivity index (χ2n) is 8.57. The van der Waals surface area contributed by atoms with E-state index in [4.69, 9.17) is 4.74 Å². The highest BCUT2D eigenvalue weighted by Gasteiger charge is 2.63. The first kappa shape index (κ1) is 17.8. The van der Waals surface area contributed by atoms with Crippen LogP contribution in [0.25, 0.3) is 0 Å². The predicted molar refractivity (Wildman–Crippen MR) is 104 cm³/mol. The first-order chi connectivity index (χ1) is 12.4. The van der Waals surface area contributed by atoms with E-state index in [1.807, 2.05) is 4.90 Å². The van der Waals surface area contributed by atoms with E-state index in [2.05, 4.69) is 56.4 Å². The molecule has 2 bridgehead atoms. The number of carbonyl (C=O) groups excluding carboxylic acids is 1. The summed E-state index contributed by atoms with van der Waals surface area (Å²) in [6.45, 7) is 6.78. The van der Waals surface area contributed by atoms with E-state index in [1.165, 1.54) is 5.56 Å². The van der Waals surface area contributed by atoms with Gasteiger partial charge >= 0.3 is 6.03 Å². The monoisotopic (exact) mass is 357 g/mol. The molecule has 4 atom stereocenters. The third-order valence-electron chi connectivity index (χ3n) is 6.62. The number of ether oxygens (including phenoxy) is 1. The van der Waals surface area contributed by atoms with Gasteiger partial charge in [0.2, 0.25) is 0 Å². The van der Waals surface area contributed by atoms with Crippen molar-refractivity contribution < 1.29 is 9.53 Å². The first-order valence-electron chi connectivity index (χ1n) is 9.90. The van der Waals surface area contributed by atoms with Gasteiger partial charge < -0.3 is 19.9 Å². The highest BCUT2D eigenvalue weighted by Crippen LogP contribution is 2.55. The van der Waals surface area contributed by atoms with Crippen LogP contribution in [-0.4, -0.2) is 61.3 Å². The number of fused-ring (bicyclic) bond motifs is 1. The van der Waals surface area contributed by atoms with Crippen molar-refractivity contribution in [3.8, 4) is 0 Å². The maximum atomic E-state index is 13.0. The summed E-state index contributed by atoms with van der Waals surface area (Å²) in [5.41, 5.74) is 3.20. The summed E-state index contributed by atoms with van der Waals surface area (Å²) in [6.07, 6.45) is 3.54. The molecule has 0 radical (unpaired) electrons. The van der Waals surface area contributed by atoms with E-state index < -0.39 is 0 Å². The fourth-order valence-corrected chi connectivity index (χ4v) is 5.40. The smallest absolute Gasteiger partial charge is 0.321 e. The molecule has 3 aliphatic rings. The summed E-state index contributed by atoms with van der Waals surface area (Å²) in [6, 6.07) is 6.23. The molecular weight excluding hydrogens is 326 g/mol. The van der Waals surface area contributed by atoms with Crippen LogP contribution < -0.4 is 5.32 Å². The molecule has 3 fully saturated rings. The molecule has 142 valence electrons. The zero-order chi connectivity index (χ0) is 18.5. The van der Waals surface area contributed by atoms with E-state index in [0.29, 0.717) is 17.9 Å². The SMILES string of the molecule is CCc1cccc(C)c1NC(=O)N1C[C@@H]2[C@H](CN(C)C)[C@H]3CC[C@]2(C1)O3. The highest BCUT2D eigenvalue weighted by molar-refractivity contribution is 5.91. The molecule has 1 spiro atoms. The van der Waals surface area contributed by atoms with Crippen LogP contribution in [0, 0.1) is 18.8 Å². The highest BCUT2D eigenvalue weighted by atomic mass is 16.5. The van der Waals surface area contributed by atoms with Crippen LogP contribution in [-0.2, 0) is 11.2 Å². The Balaban J connectivity index is 1.50. The van der Waals surface area contributed by atoms with Gasteiger partial charge in [-0.15, -0.1) is 0 Å². The van der Waals surface area contributed by atoms with Crippen molar-refractivity contribution in [2.45, 2.75) is 44.8 Å². The fraction of sp³-hybridized carbons (Fsp3) is 0.667. The fourth-order valence-electron chi connectivity index (χ4n) is 5.40. The Kier molecular flexibility index (Phi) is 4.48. The second-order valence-corrected chi connectivity index (χ2v) is 8.57. The minimum absolute atomic E-state index is 0.0217. The van der Waals surface area contributed by atoms with E-state index in [0.717, 1.165) is 50.1 Å². The number of nitrogens with one attached hydrogen (secondary N) is 1. The zero-order valence-corrected chi connectivity index (χ0v) is 16.4. The number of aryl methyl sites for hydroxylation is 2. The van der Waals surface area contributed by atoms with Gasteiger partial charge in [-0.3, -0.25) is 0 Å². The number of anilines is 1. The zero-order valence-electron chi connectivity index (χ0n) is 16.4. The van der Waals surface area contributed by atoms with Gasteiger partial charge in [0.15, 0.2) is 0 Å². The van der Waals surface area contributed by atoms with Crippen LogP contribution >= 0.6 is 0 Å². The van der Waals surface area contributed by atoms with Gasteiger partial charge in [-0.05, 0) is 51.4 Å². The number of hydrogen-bond donors (Lipinski definition) is 1. The van der Waals surface area contributed by atoms with Gasteiger partial charge in [0.25, 0.3) is 0 Å². The number of para-hydroxylation sites is 1. The number of carbonyl (C=O) groups is 1. The van der Waals surface area contributed by atoms with E-state index in [1.54, 1.807) is 0 Å². The Bertz CT molecular complexity index is 704. The minimum Gasteiger partial charge on any atom is -0.369 e. The molecule has 4 rings (SSSR count). The molecule has 3 saturated heterocycles. The van der Waals surface area contributed by atoms with E-state index >= 15 is 0 Å². The van der Waals surface area contributed by atoms with Crippen molar-refractivity contribution in [1.82, 2.24) is 9.80 Å². The lowest BCUT2D eigenvalue weighted by Gasteiger charge is -2.30. The molecule has 3 aliphatic heterocycles. The van der Waals surface area contributed by atoms with E-state index in [9.17, 15) is 4.79 Å². The predicted octanol–water partition coefficient (Wildman–Crippen LogP) is 3.13. The third-order valence-corrected chi connectivity index (χ3v) is 6.62. The van der Waals surface area contributed by atoms with E-state index in [-0.39, 0.29) is 11.6 Å². The Morgan fingerprint density at radius 1 is 1.42 bits per heavy atom. The van der Waals surface area contributed by atoms with Gasteiger partial charge in [0.1, 0.15) is 0 Å². The Labute approximate surface area is 156 Å². The maximum Gasteiger partial charge on any atom is 0.321 e. The Morgan fingerprint density at radius 3 is 2.96 bits per heavy atom. The molecule has 1 aromatic rings. The molecule has 5 nitrogen and oxygen atoms in total. The van der Waals surface area contributed by atoms with Gasteiger partial charge in [-0.1, -0.05) is 25.1 Å². The molecule has 26 heavy (non-hydrogen) atoms. The maximum absolute atomic E-state index is 13.0. The molecule has 2 amide bonds. The number of nitrogens with zero attached hydrogens (tertiary/aromatic N) is 2. The van der Waals surface area contributed by atoms with Gasteiger partial charge in [-0.2, -0.15) is 0 Å². The normalized spacial score (nSPS) is 32.3. The minimum atomic E-state index is -0.0952. The van der Waals surface area contributed by atoms with Gasteiger partial charge in [0, 0.05) is 30.6 Å². The third kappa shape index (κ3) is 2.81. The topological polar surface area (TPSA) is 44.8 Å². The summed E-state index contributed by atoms with van der Waals surface area (Å²) in [4.78, 5) is 17.3. The van der Waals surface area contributed by atoms with Crippen molar-refractivity contribution in [2.75, 3.05) is 39.0 Å². The summed E-state index contributed by atoms with van der Waals surface area (Å²) in [7, 11) is 4.26. The number of amides is 2. The summed E-state index contributed by atoms with van der Waals surface area (Å²) >= 11 is 0. The van der Waals surface area contributed by atoms with Crippen molar-refractivity contribution in [3.05, 3.63) is 29.3 Å². The van der Waals surface area contributed by atoms with Crippen molar-refractivity contribution in [3.63, 3.8) is 0 Å². The summed E-state index contributed by atoms with van der Waals surface area (Å²) in [5.74, 6) is 1.01. The van der Waals surface area contributed by atoms with Gasteiger partial charge in [-0.25, -0.2) is 4.79 Å². The first-order valence-corrected chi connectivity index (χ1v) is 9.90. The molecule has 0 aliphatic carbocycles. The molecule has 1 aromatic carbocycles. The lowest BCUT2D eigenvalue weighted by Crippen LogP contribution is -2.40. The van der Waals surface area contributed by atoms with Crippen LogP contribution in [0.15, 0.2) is 18.2 Å². The second kappa shape index (κ2) is 6.54. The van der Waals surface area contributed by atoms with Crippen molar-refractivity contribution in [1.29, 1.82) is 0 Å². The number of urea groups is 1. The number of likely N-dealkylation sites (tertiary alicyclic amines) is 1. The Morgan fingerprint density at radius 2 is 2.23 bits per heavy atom. The summed E-state index contributed by atoms with van der Waals surface area (Å²) < 4.78 is 6.45. The molecule has 0 unspecified atom stereocenters. The van der Waals surface area contributed by atoms with Crippen LogP contribution in [0.1, 0.15) is 30.9 Å².